The number of carbonyl (C=O) groups is 1. The van der Waals surface area contributed by atoms with Crippen LogP contribution in [0, 0.1) is 0 Å². The minimum absolute atomic E-state index is 0.113. The Balaban J connectivity index is 2.17. The largest absolute Gasteiger partial charge is 0.494 e. The molecular weight excluding hydrogens is 294 g/mol. The first kappa shape index (κ1) is 15.2. The molecule has 0 radical (unpaired) electrons. The van der Waals surface area contributed by atoms with E-state index in [0.29, 0.717) is 23.6 Å². The molecule has 21 heavy (non-hydrogen) atoms. The summed E-state index contributed by atoms with van der Waals surface area (Å²) in [5.41, 5.74) is 1.23. The Hall–Kier alpha value is -2.18. The highest BCUT2D eigenvalue weighted by molar-refractivity contribution is 6.29. The molecule has 0 aliphatic carbocycles. The van der Waals surface area contributed by atoms with E-state index in [2.05, 4.69) is 15.3 Å². The van der Waals surface area contributed by atoms with Crippen LogP contribution in [0.25, 0.3) is 0 Å². The molecule has 0 saturated heterocycles. The molecule has 0 fully saturated rings. The minimum Gasteiger partial charge on any atom is -0.494 e. The molecule has 1 amide bonds. The zero-order chi connectivity index (χ0) is 15.2. The van der Waals surface area contributed by atoms with Gasteiger partial charge >= 0.3 is 0 Å². The molecule has 0 aliphatic heterocycles. The van der Waals surface area contributed by atoms with E-state index in [9.17, 15) is 9.90 Å². The summed E-state index contributed by atoms with van der Waals surface area (Å²) in [6, 6.07) is 5.01. The number of benzene rings is 1. The molecule has 1 heterocycles. The van der Waals surface area contributed by atoms with Gasteiger partial charge in [-0.3, -0.25) is 9.78 Å². The number of ether oxygens (including phenoxy) is 1. The number of anilines is 1. The summed E-state index contributed by atoms with van der Waals surface area (Å²) < 4.78 is 5.38. The highest BCUT2D eigenvalue weighted by atomic mass is 35.5. The lowest BCUT2D eigenvalue weighted by molar-refractivity contribution is 0.102. The Labute approximate surface area is 126 Å². The third-order valence-corrected chi connectivity index (χ3v) is 2.81. The number of hydrogen-bond acceptors (Lipinski definition) is 5. The average Bonchev–Trinajstić information content (AvgIpc) is 2.49. The summed E-state index contributed by atoms with van der Waals surface area (Å²) in [7, 11) is 0. The van der Waals surface area contributed by atoms with Crippen molar-refractivity contribution < 1.29 is 14.6 Å². The van der Waals surface area contributed by atoms with Crippen LogP contribution in [-0.4, -0.2) is 27.6 Å². The number of carbonyl (C=O) groups excluding carboxylic acids is 1. The molecule has 0 atom stereocenters. The van der Waals surface area contributed by atoms with Gasteiger partial charge in [0.1, 0.15) is 16.6 Å². The van der Waals surface area contributed by atoms with Crippen molar-refractivity contribution in [2.75, 3.05) is 11.9 Å². The quantitative estimate of drug-likeness (QED) is 0.885. The average molecular weight is 308 g/mol. The first-order valence-corrected chi connectivity index (χ1v) is 6.67. The molecule has 2 rings (SSSR count). The van der Waals surface area contributed by atoms with E-state index in [1.165, 1.54) is 12.4 Å². The second kappa shape index (κ2) is 7.01. The first-order valence-electron chi connectivity index (χ1n) is 6.29. The van der Waals surface area contributed by atoms with E-state index in [-0.39, 0.29) is 17.5 Å². The number of nitrogens with zero attached hydrogens (tertiary/aromatic N) is 2. The summed E-state index contributed by atoms with van der Waals surface area (Å²) in [5, 5.41) is 12.1. The highest BCUT2D eigenvalue weighted by Gasteiger charge is 2.10. The van der Waals surface area contributed by atoms with Crippen molar-refractivity contribution in [2.45, 2.75) is 13.5 Å². The fourth-order valence-corrected chi connectivity index (χ4v) is 1.87. The van der Waals surface area contributed by atoms with Crippen LogP contribution in [-0.2, 0) is 6.61 Å². The molecule has 110 valence electrons. The van der Waals surface area contributed by atoms with Crippen molar-refractivity contribution in [1.82, 2.24) is 9.97 Å². The monoisotopic (exact) mass is 307 g/mol. The van der Waals surface area contributed by atoms with Crippen LogP contribution < -0.4 is 10.1 Å². The lowest BCUT2D eigenvalue weighted by atomic mass is 10.2. The molecule has 0 aliphatic rings. The lowest BCUT2D eigenvalue weighted by Crippen LogP contribution is -2.14. The van der Waals surface area contributed by atoms with Gasteiger partial charge in [0.15, 0.2) is 0 Å². The van der Waals surface area contributed by atoms with E-state index < -0.39 is 5.91 Å². The molecule has 2 N–H and O–H groups in total. The van der Waals surface area contributed by atoms with Crippen molar-refractivity contribution in [3.05, 3.63) is 47.0 Å². The van der Waals surface area contributed by atoms with E-state index in [1.54, 1.807) is 18.2 Å². The van der Waals surface area contributed by atoms with Gasteiger partial charge in [-0.25, -0.2) is 4.98 Å². The van der Waals surface area contributed by atoms with Gasteiger partial charge < -0.3 is 15.2 Å². The predicted molar refractivity (Wildman–Crippen MR) is 78.5 cm³/mol. The van der Waals surface area contributed by atoms with Crippen molar-refractivity contribution in [2.24, 2.45) is 0 Å². The maximum atomic E-state index is 12.0. The summed E-state index contributed by atoms with van der Waals surface area (Å²) in [4.78, 5) is 19.7. The molecule has 6 nitrogen and oxygen atoms in total. The van der Waals surface area contributed by atoms with E-state index in [1.807, 2.05) is 6.92 Å². The van der Waals surface area contributed by atoms with Crippen molar-refractivity contribution in [3.8, 4) is 5.75 Å². The van der Waals surface area contributed by atoms with E-state index in [4.69, 9.17) is 16.3 Å². The van der Waals surface area contributed by atoms with Crippen LogP contribution in [0.15, 0.2) is 30.6 Å². The highest BCUT2D eigenvalue weighted by Crippen LogP contribution is 2.23. The SMILES string of the molecule is CCOc1ccc(NC(=O)c2cncc(Cl)n2)cc1CO. The summed E-state index contributed by atoms with van der Waals surface area (Å²) in [6.45, 7) is 2.17. The Morgan fingerprint density at radius 3 is 2.90 bits per heavy atom. The zero-order valence-corrected chi connectivity index (χ0v) is 12.1. The van der Waals surface area contributed by atoms with Crippen molar-refractivity contribution >= 4 is 23.2 Å². The number of aliphatic hydroxyl groups is 1. The standard InChI is InChI=1S/C14H14ClN3O3/c1-2-21-12-4-3-10(5-9(12)8-19)17-14(20)11-6-16-7-13(15)18-11/h3-7,19H,2,8H2,1H3,(H,17,20). The predicted octanol–water partition coefficient (Wildman–Crippen LogP) is 2.27. The molecule has 0 bridgehead atoms. The Morgan fingerprint density at radius 2 is 2.24 bits per heavy atom. The summed E-state index contributed by atoms with van der Waals surface area (Å²) >= 11 is 5.69. The maximum absolute atomic E-state index is 12.0. The van der Waals surface area contributed by atoms with Gasteiger partial charge in [-0.15, -0.1) is 0 Å². The van der Waals surface area contributed by atoms with Crippen molar-refractivity contribution in [3.63, 3.8) is 0 Å². The molecule has 1 aromatic heterocycles. The van der Waals surface area contributed by atoms with Gasteiger partial charge in [-0.05, 0) is 25.1 Å². The Morgan fingerprint density at radius 1 is 1.43 bits per heavy atom. The minimum atomic E-state index is -0.432. The molecule has 2 aromatic rings. The fraction of sp³-hybridized carbons (Fsp3) is 0.214. The number of hydrogen-bond donors (Lipinski definition) is 2. The van der Waals surface area contributed by atoms with Crippen LogP contribution >= 0.6 is 11.6 Å². The Kier molecular flexibility index (Phi) is 5.08. The van der Waals surface area contributed by atoms with Crippen molar-refractivity contribution in [1.29, 1.82) is 0 Å². The number of aromatic nitrogens is 2. The molecule has 0 spiro atoms. The van der Waals surface area contributed by atoms with Gasteiger partial charge in [0.2, 0.25) is 0 Å². The van der Waals surface area contributed by atoms with Gasteiger partial charge in [0, 0.05) is 11.3 Å². The van der Waals surface area contributed by atoms with Crippen LogP contribution in [0.3, 0.4) is 0 Å². The van der Waals surface area contributed by atoms with E-state index in [0.717, 1.165) is 0 Å². The zero-order valence-electron chi connectivity index (χ0n) is 11.3. The lowest BCUT2D eigenvalue weighted by Gasteiger charge is -2.11. The number of rotatable bonds is 5. The molecule has 0 saturated carbocycles. The Bertz CT molecular complexity index is 649. The number of nitrogens with one attached hydrogen (secondary N) is 1. The first-order chi connectivity index (χ1) is 10.1. The van der Waals surface area contributed by atoms with Crippen LogP contribution in [0.4, 0.5) is 5.69 Å². The van der Waals surface area contributed by atoms with Crippen LogP contribution in [0.2, 0.25) is 5.15 Å². The third-order valence-electron chi connectivity index (χ3n) is 2.63. The van der Waals surface area contributed by atoms with Crippen LogP contribution in [0.5, 0.6) is 5.75 Å². The topological polar surface area (TPSA) is 84.3 Å². The van der Waals surface area contributed by atoms with Gasteiger partial charge in [0.05, 0.1) is 25.6 Å². The number of aliphatic hydroxyl groups excluding tert-OH is 1. The summed E-state index contributed by atoms with van der Waals surface area (Å²) in [5.74, 6) is 0.151. The van der Waals surface area contributed by atoms with Gasteiger partial charge in [-0.1, -0.05) is 11.6 Å². The molecule has 7 heteroatoms. The number of amides is 1. The normalized spacial score (nSPS) is 10.2. The third kappa shape index (κ3) is 3.90. The van der Waals surface area contributed by atoms with Gasteiger partial charge in [-0.2, -0.15) is 0 Å². The molecular formula is C14H14ClN3O3. The number of halogens is 1. The van der Waals surface area contributed by atoms with Crippen LogP contribution in [0.1, 0.15) is 23.0 Å². The second-order valence-corrected chi connectivity index (χ2v) is 4.48. The maximum Gasteiger partial charge on any atom is 0.275 e. The fourth-order valence-electron chi connectivity index (χ4n) is 1.72. The molecule has 0 unspecified atom stereocenters. The van der Waals surface area contributed by atoms with Gasteiger partial charge in [0.25, 0.3) is 5.91 Å². The smallest absolute Gasteiger partial charge is 0.275 e. The second-order valence-electron chi connectivity index (χ2n) is 4.09. The molecule has 1 aromatic carbocycles. The summed E-state index contributed by atoms with van der Waals surface area (Å²) in [6.07, 6.45) is 2.67. The van der Waals surface area contributed by atoms with E-state index >= 15 is 0 Å².